The van der Waals surface area contributed by atoms with E-state index in [2.05, 4.69) is 0 Å². The van der Waals surface area contributed by atoms with Crippen molar-refractivity contribution in [3.8, 4) is 0 Å². The van der Waals surface area contributed by atoms with Crippen LogP contribution in [0.4, 0.5) is 0 Å². The molecular formula is C11H15Cl2NS. The molecule has 2 N–H and O–H groups in total. The Morgan fingerprint density at radius 2 is 2.07 bits per heavy atom. The van der Waals surface area contributed by atoms with Crippen molar-refractivity contribution in [3.05, 3.63) is 33.8 Å². The van der Waals surface area contributed by atoms with Gasteiger partial charge in [-0.05, 0) is 36.8 Å². The van der Waals surface area contributed by atoms with Gasteiger partial charge in [0.1, 0.15) is 0 Å². The van der Waals surface area contributed by atoms with E-state index in [4.69, 9.17) is 28.9 Å². The molecule has 0 fully saturated rings. The van der Waals surface area contributed by atoms with Gasteiger partial charge in [0.25, 0.3) is 0 Å². The highest BCUT2D eigenvalue weighted by Crippen LogP contribution is 2.24. The Labute approximate surface area is 105 Å². The average molecular weight is 264 g/mol. The summed E-state index contributed by atoms with van der Waals surface area (Å²) in [5.41, 5.74) is 6.87. The van der Waals surface area contributed by atoms with Crippen molar-refractivity contribution in [2.24, 2.45) is 5.73 Å². The van der Waals surface area contributed by atoms with Crippen LogP contribution in [0.25, 0.3) is 0 Å². The molecule has 84 valence electrons. The second-order valence-electron chi connectivity index (χ2n) is 3.57. The molecular weight excluding hydrogens is 249 g/mol. The van der Waals surface area contributed by atoms with Crippen molar-refractivity contribution >= 4 is 35.0 Å². The highest BCUT2D eigenvalue weighted by molar-refractivity contribution is 7.98. The summed E-state index contributed by atoms with van der Waals surface area (Å²) in [6, 6.07) is 6.05. The molecule has 1 aromatic rings. The summed E-state index contributed by atoms with van der Waals surface area (Å²) < 4.78 is 0. The Bertz CT molecular complexity index is 315. The molecule has 0 aliphatic heterocycles. The van der Waals surface area contributed by atoms with E-state index in [9.17, 15) is 0 Å². The summed E-state index contributed by atoms with van der Waals surface area (Å²) >= 11 is 13.6. The van der Waals surface area contributed by atoms with E-state index in [1.165, 1.54) is 5.56 Å². The van der Waals surface area contributed by atoms with Gasteiger partial charge in [0.2, 0.25) is 0 Å². The van der Waals surface area contributed by atoms with E-state index in [0.29, 0.717) is 10.0 Å². The van der Waals surface area contributed by atoms with Gasteiger partial charge in [0.15, 0.2) is 0 Å². The van der Waals surface area contributed by atoms with Crippen LogP contribution in [0.2, 0.25) is 10.0 Å². The fourth-order valence-electron chi connectivity index (χ4n) is 1.09. The minimum absolute atomic E-state index is 0.284. The highest BCUT2D eigenvalue weighted by Gasteiger charge is 2.00. The third-order valence-electron chi connectivity index (χ3n) is 1.97. The molecule has 0 aromatic heterocycles. The fourth-order valence-corrected chi connectivity index (χ4v) is 2.51. The highest BCUT2D eigenvalue weighted by atomic mass is 35.5. The predicted molar refractivity (Wildman–Crippen MR) is 70.9 cm³/mol. The van der Waals surface area contributed by atoms with Crippen molar-refractivity contribution in [3.63, 3.8) is 0 Å². The summed E-state index contributed by atoms with van der Waals surface area (Å²) in [5.74, 6) is 2.04. The van der Waals surface area contributed by atoms with E-state index in [-0.39, 0.29) is 6.04 Å². The lowest BCUT2D eigenvalue weighted by molar-refractivity contribution is 0.721. The summed E-state index contributed by atoms with van der Waals surface area (Å²) in [6.45, 7) is 2.03. The molecule has 1 rings (SSSR count). The molecule has 4 heteroatoms. The van der Waals surface area contributed by atoms with Gasteiger partial charge in [0, 0.05) is 11.8 Å². The molecule has 0 radical (unpaired) electrons. The summed E-state index contributed by atoms with van der Waals surface area (Å²) in [4.78, 5) is 0. The molecule has 15 heavy (non-hydrogen) atoms. The van der Waals surface area contributed by atoms with Crippen molar-refractivity contribution in [1.29, 1.82) is 0 Å². The largest absolute Gasteiger partial charge is 0.328 e. The first-order valence-electron chi connectivity index (χ1n) is 4.87. The van der Waals surface area contributed by atoms with Crippen molar-refractivity contribution in [2.75, 3.05) is 5.75 Å². The third kappa shape index (κ3) is 5.12. The maximum atomic E-state index is 5.92. The summed E-state index contributed by atoms with van der Waals surface area (Å²) in [7, 11) is 0. The zero-order valence-corrected chi connectivity index (χ0v) is 11.0. The number of halogens is 2. The first kappa shape index (κ1) is 13.2. The maximum Gasteiger partial charge on any atom is 0.0595 e. The number of thioether (sulfide) groups is 1. The molecule has 1 nitrogen and oxygen atoms in total. The van der Waals surface area contributed by atoms with Gasteiger partial charge in [-0.25, -0.2) is 0 Å². The first-order chi connectivity index (χ1) is 7.09. The van der Waals surface area contributed by atoms with Gasteiger partial charge < -0.3 is 5.73 Å². The lowest BCUT2D eigenvalue weighted by Crippen LogP contribution is -2.15. The second kappa shape index (κ2) is 6.64. The van der Waals surface area contributed by atoms with Crippen molar-refractivity contribution in [2.45, 2.75) is 25.1 Å². The lowest BCUT2D eigenvalue weighted by Gasteiger charge is -2.05. The van der Waals surface area contributed by atoms with Crippen LogP contribution in [0.3, 0.4) is 0 Å². The third-order valence-corrected chi connectivity index (χ3v) is 3.77. The molecule has 0 spiro atoms. The Balaban J connectivity index is 2.35. The molecule has 1 aromatic carbocycles. The molecule has 0 saturated carbocycles. The molecule has 0 heterocycles. The molecule has 0 aliphatic carbocycles. The molecule has 0 saturated heterocycles. The second-order valence-corrected chi connectivity index (χ2v) is 5.49. The Hall–Kier alpha value is 0.110. The fraction of sp³-hybridized carbons (Fsp3) is 0.455. The van der Waals surface area contributed by atoms with Crippen LogP contribution in [0, 0.1) is 0 Å². The molecule has 0 bridgehead atoms. The lowest BCUT2D eigenvalue weighted by atomic mass is 10.2. The standard InChI is InChI=1S/C11H15Cl2NS/c1-8(14)4-5-15-7-9-2-3-10(12)11(13)6-9/h2-3,6,8H,4-5,7,14H2,1H3. The molecule has 1 unspecified atom stereocenters. The monoisotopic (exact) mass is 263 g/mol. The van der Waals surface area contributed by atoms with E-state index >= 15 is 0 Å². The van der Waals surface area contributed by atoms with Crippen LogP contribution in [-0.4, -0.2) is 11.8 Å². The number of benzene rings is 1. The summed E-state index contributed by atoms with van der Waals surface area (Å²) in [5, 5.41) is 1.24. The van der Waals surface area contributed by atoms with Crippen LogP contribution < -0.4 is 5.73 Å². The topological polar surface area (TPSA) is 26.0 Å². The zero-order chi connectivity index (χ0) is 11.3. The van der Waals surface area contributed by atoms with E-state index < -0.39 is 0 Å². The van der Waals surface area contributed by atoms with Gasteiger partial charge in [0.05, 0.1) is 10.0 Å². The molecule has 0 amide bonds. The van der Waals surface area contributed by atoms with Crippen LogP contribution in [0.5, 0.6) is 0 Å². The zero-order valence-electron chi connectivity index (χ0n) is 8.67. The Kier molecular flexibility index (Phi) is 5.83. The molecule has 1 atom stereocenters. The average Bonchev–Trinajstić information content (AvgIpc) is 2.18. The number of nitrogens with two attached hydrogens (primary N) is 1. The van der Waals surface area contributed by atoms with E-state index in [0.717, 1.165) is 17.9 Å². The maximum absolute atomic E-state index is 5.92. The minimum atomic E-state index is 0.284. The number of hydrogen-bond acceptors (Lipinski definition) is 2. The van der Waals surface area contributed by atoms with Gasteiger partial charge in [-0.15, -0.1) is 0 Å². The van der Waals surface area contributed by atoms with Gasteiger partial charge in [-0.2, -0.15) is 11.8 Å². The number of rotatable bonds is 5. The normalized spacial score (nSPS) is 12.8. The van der Waals surface area contributed by atoms with Gasteiger partial charge in [-0.3, -0.25) is 0 Å². The van der Waals surface area contributed by atoms with E-state index in [1.54, 1.807) is 0 Å². The van der Waals surface area contributed by atoms with E-state index in [1.807, 2.05) is 36.9 Å². The Morgan fingerprint density at radius 3 is 2.67 bits per heavy atom. The van der Waals surface area contributed by atoms with Crippen LogP contribution in [0.15, 0.2) is 18.2 Å². The van der Waals surface area contributed by atoms with Gasteiger partial charge in [-0.1, -0.05) is 29.3 Å². The van der Waals surface area contributed by atoms with Gasteiger partial charge >= 0.3 is 0 Å². The predicted octanol–water partition coefficient (Wildman–Crippen LogP) is 3.96. The van der Waals surface area contributed by atoms with Crippen LogP contribution >= 0.6 is 35.0 Å². The Morgan fingerprint density at radius 1 is 1.33 bits per heavy atom. The quantitative estimate of drug-likeness (QED) is 0.814. The SMILES string of the molecule is CC(N)CCSCc1ccc(Cl)c(Cl)c1. The van der Waals surface area contributed by atoms with Crippen molar-refractivity contribution < 1.29 is 0 Å². The first-order valence-corrected chi connectivity index (χ1v) is 6.78. The van der Waals surface area contributed by atoms with Crippen molar-refractivity contribution in [1.82, 2.24) is 0 Å². The summed E-state index contributed by atoms with van der Waals surface area (Å²) in [6.07, 6.45) is 1.05. The van der Waals surface area contributed by atoms with Crippen LogP contribution in [0.1, 0.15) is 18.9 Å². The molecule has 0 aliphatic rings. The number of hydrogen-bond donors (Lipinski definition) is 1. The van der Waals surface area contributed by atoms with Crippen LogP contribution in [-0.2, 0) is 5.75 Å². The minimum Gasteiger partial charge on any atom is -0.328 e. The smallest absolute Gasteiger partial charge is 0.0595 e.